The second kappa shape index (κ2) is 14.6. The third kappa shape index (κ3) is 8.14. The van der Waals surface area contributed by atoms with Gasteiger partial charge in [-0.2, -0.15) is 0 Å². The zero-order chi connectivity index (χ0) is 28.3. The van der Waals surface area contributed by atoms with E-state index in [0.29, 0.717) is 19.3 Å². The predicted octanol–water partition coefficient (Wildman–Crippen LogP) is 3.35. The lowest BCUT2D eigenvalue weighted by Gasteiger charge is -2.28. The van der Waals surface area contributed by atoms with E-state index in [2.05, 4.69) is 10.6 Å². The van der Waals surface area contributed by atoms with Crippen molar-refractivity contribution in [3.63, 3.8) is 0 Å². The van der Waals surface area contributed by atoms with E-state index in [4.69, 9.17) is 9.47 Å². The summed E-state index contributed by atoms with van der Waals surface area (Å²) >= 11 is 0. The van der Waals surface area contributed by atoms with Gasteiger partial charge in [0.2, 0.25) is 5.91 Å². The van der Waals surface area contributed by atoms with Crippen molar-refractivity contribution in [1.29, 1.82) is 0 Å². The Morgan fingerprint density at radius 3 is 2.20 bits per heavy atom. The van der Waals surface area contributed by atoms with E-state index in [0.717, 1.165) is 22.3 Å². The average molecular weight is 547 g/mol. The molecule has 4 rings (SSSR count). The Bertz CT molecular complexity index is 1220. The summed E-state index contributed by atoms with van der Waals surface area (Å²) < 4.78 is 10.1. The highest BCUT2D eigenvalue weighted by Gasteiger charge is 2.35. The van der Waals surface area contributed by atoms with Crippen LogP contribution in [0.1, 0.15) is 34.7 Å². The quantitative estimate of drug-likeness (QED) is 0.244. The van der Waals surface area contributed by atoms with E-state index >= 15 is 0 Å². The molecule has 212 valence electrons. The molecule has 1 aliphatic rings. The van der Waals surface area contributed by atoms with Crippen molar-refractivity contribution >= 4 is 12.0 Å². The molecule has 0 heterocycles. The van der Waals surface area contributed by atoms with Crippen molar-refractivity contribution in [3.8, 4) is 0 Å². The number of carbonyl (C=O) groups excluding carboxylic acids is 2. The SMILES string of the molecule is COCCOC(=O)N[C@@H](Cc1ccccc1)[C@@H](O)C[C@@H](Cc1ccccc1)C(=O)N[C@H]1c2ccccc2C[C@H]1O. The van der Waals surface area contributed by atoms with Gasteiger partial charge >= 0.3 is 6.09 Å². The third-order valence-corrected chi connectivity index (χ3v) is 7.31. The highest BCUT2D eigenvalue weighted by molar-refractivity contribution is 5.80. The minimum atomic E-state index is -1.05. The number of benzene rings is 3. The van der Waals surface area contributed by atoms with Crippen LogP contribution >= 0.6 is 0 Å². The highest BCUT2D eigenvalue weighted by atomic mass is 16.6. The van der Waals surface area contributed by atoms with Crippen molar-refractivity contribution in [2.45, 2.75) is 50.0 Å². The molecule has 0 saturated heterocycles. The second-order valence-electron chi connectivity index (χ2n) is 10.2. The maximum atomic E-state index is 13.7. The summed E-state index contributed by atoms with van der Waals surface area (Å²) in [4.78, 5) is 26.2. The molecule has 0 bridgehead atoms. The number of alkyl carbamates (subject to hydrolysis) is 1. The molecule has 3 aromatic carbocycles. The van der Waals surface area contributed by atoms with Gasteiger partial charge in [-0.25, -0.2) is 4.79 Å². The van der Waals surface area contributed by atoms with E-state index in [-0.39, 0.29) is 25.5 Å². The van der Waals surface area contributed by atoms with Gasteiger partial charge in [-0.15, -0.1) is 0 Å². The monoisotopic (exact) mass is 546 g/mol. The highest BCUT2D eigenvalue weighted by Crippen LogP contribution is 2.32. The number of aliphatic hydroxyl groups excluding tert-OH is 2. The van der Waals surface area contributed by atoms with Gasteiger partial charge in [0.05, 0.1) is 30.9 Å². The zero-order valence-electron chi connectivity index (χ0n) is 22.7. The van der Waals surface area contributed by atoms with Gasteiger partial charge in [0, 0.05) is 19.4 Å². The van der Waals surface area contributed by atoms with Crippen LogP contribution in [0.2, 0.25) is 0 Å². The summed E-state index contributed by atoms with van der Waals surface area (Å²) in [5.41, 5.74) is 3.80. The topological polar surface area (TPSA) is 117 Å². The summed E-state index contributed by atoms with van der Waals surface area (Å²) in [5.74, 6) is -0.869. The first-order valence-electron chi connectivity index (χ1n) is 13.7. The minimum Gasteiger partial charge on any atom is -0.447 e. The van der Waals surface area contributed by atoms with Crippen LogP contribution in [0.4, 0.5) is 4.79 Å². The second-order valence-corrected chi connectivity index (χ2v) is 10.2. The van der Waals surface area contributed by atoms with E-state index < -0.39 is 36.3 Å². The lowest BCUT2D eigenvalue weighted by molar-refractivity contribution is -0.127. The first kappa shape index (κ1) is 29.3. The maximum absolute atomic E-state index is 13.7. The molecule has 0 aromatic heterocycles. The van der Waals surface area contributed by atoms with E-state index in [1.807, 2.05) is 84.9 Å². The first-order chi connectivity index (χ1) is 19.4. The molecule has 4 N–H and O–H groups in total. The number of aliphatic hydroxyl groups is 2. The number of hydrogen-bond acceptors (Lipinski definition) is 6. The maximum Gasteiger partial charge on any atom is 0.407 e. The Balaban J connectivity index is 1.52. The van der Waals surface area contributed by atoms with Crippen molar-refractivity contribution in [3.05, 3.63) is 107 Å². The van der Waals surface area contributed by atoms with E-state index in [1.165, 1.54) is 7.11 Å². The lowest BCUT2D eigenvalue weighted by Crippen LogP contribution is -2.47. The largest absolute Gasteiger partial charge is 0.447 e. The number of rotatable bonds is 13. The van der Waals surface area contributed by atoms with Gasteiger partial charge in [-0.05, 0) is 41.5 Å². The Kier molecular flexibility index (Phi) is 10.7. The molecule has 0 unspecified atom stereocenters. The molecule has 3 aromatic rings. The normalized spacial score (nSPS) is 18.3. The summed E-state index contributed by atoms with van der Waals surface area (Å²) in [6, 6.07) is 25.6. The van der Waals surface area contributed by atoms with Crippen molar-refractivity contribution < 1.29 is 29.3 Å². The Labute approximate surface area is 235 Å². The van der Waals surface area contributed by atoms with Crippen LogP contribution in [0.5, 0.6) is 0 Å². The van der Waals surface area contributed by atoms with Gasteiger partial charge in [0.25, 0.3) is 0 Å². The standard InChI is InChI=1S/C32H38N2O6/c1-39-16-17-40-32(38)33-27(19-23-12-6-3-7-13-23)28(35)21-25(18-22-10-4-2-5-11-22)31(37)34-30-26-15-9-8-14-24(26)20-29(30)36/h2-15,25,27-30,35-36H,16-21H2,1H3,(H,33,38)(H,34,37)/t25-,27+,28+,29-,30+/m1/s1. The molecule has 0 radical (unpaired) electrons. The summed E-state index contributed by atoms with van der Waals surface area (Å²) in [6.07, 6.45) is -1.11. The number of fused-ring (bicyclic) bond motifs is 1. The third-order valence-electron chi connectivity index (χ3n) is 7.31. The van der Waals surface area contributed by atoms with Crippen LogP contribution in [0.15, 0.2) is 84.9 Å². The van der Waals surface area contributed by atoms with Crippen molar-refractivity contribution in [2.75, 3.05) is 20.3 Å². The summed E-state index contributed by atoms with van der Waals surface area (Å²) in [5, 5.41) is 28.0. The number of ether oxygens (including phenoxy) is 2. The molecule has 8 nitrogen and oxygen atoms in total. The Morgan fingerprint density at radius 2 is 1.52 bits per heavy atom. The Hall–Kier alpha value is -3.72. The fraction of sp³-hybridized carbons (Fsp3) is 0.375. The minimum absolute atomic E-state index is 0.0840. The molecular formula is C32H38N2O6. The number of carbonyl (C=O) groups is 2. The lowest BCUT2D eigenvalue weighted by atomic mass is 9.88. The van der Waals surface area contributed by atoms with Gasteiger partial charge < -0.3 is 30.3 Å². The van der Waals surface area contributed by atoms with Crippen LogP contribution < -0.4 is 10.6 Å². The number of amides is 2. The molecule has 1 aliphatic carbocycles. The van der Waals surface area contributed by atoms with Crippen LogP contribution in [-0.4, -0.2) is 60.8 Å². The number of nitrogens with one attached hydrogen (secondary N) is 2. The number of methoxy groups -OCH3 is 1. The van der Waals surface area contributed by atoms with Crippen LogP contribution in [0, 0.1) is 5.92 Å². The van der Waals surface area contributed by atoms with Crippen LogP contribution in [-0.2, 0) is 33.5 Å². The molecule has 0 aliphatic heterocycles. The molecule has 5 atom stereocenters. The van der Waals surface area contributed by atoms with Crippen LogP contribution in [0.25, 0.3) is 0 Å². The summed E-state index contributed by atoms with van der Waals surface area (Å²) in [6.45, 7) is 0.343. The first-order valence-corrected chi connectivity index (χ1v) is 13.7. The molecule has 0 fully saturated rings. The average Bonchev–Trinajstić information content (AvgIpc) is 3.28. The Morgan fingerprint density at radius 1 is 0.900 bits per heavy atom. The zero-order valence-corrected chi connectivity index (χ0v) is 22.7. The molecule has 8 heteroatoms. The smallest absolute Gasteiger partial charge is 0.407 e. The summed E-state index contributed by atoms with van der Waals surface area (Å²) in [7, 11) is 1.52. The molecule has 0 saturated carbocycles. The van der Waals surface area contributed by atoms with E-state index in [9.17, 15) is 19.8 Å². The molecule has 0 spiro atoms. The molecule has 2 amide bonds. The fourth-order valence-corrected chi connectivity index (χ4v) is 5.22. The fourth-order valence-electron chi connectivity index (χ4n) is 5.22. The molecular weight excluding hydrogens is 508 g/mol. The van der Waals surface area contributed by atoms with Gasteiger partial charge in [-0.3, -0.25) is 4.79 Å². The van der Waals surface area contributed by atoms with Crippen molar-refractivity contribution in [2.24, 2.45) is 5.92 Å². The van der Waals surface area contributed by atoms with Gasteiger partial charge in [0.1, 0.15) is 6.61 Å². The predicted molar refractivity (Wildman–Crippen MR) is 152 cm³/mol. The van der Waals surface area contributed by atoms with Gasteiger partial charge in [0.15, 0.2) is 0 Å². The molecule has 40 heavy (non-hydrogen) atoms. The van der Waals surface area contributed by atoms with E-state index in [1.54, 1.807) is 0 Å². The van der Waals surface area contributed by atoms with Crippen LogP contribution in [0.3, 0.4) is 0 Å². The number of hydrogen-bond donors (Lipinski definition) is 4. The van der Waals surface area contributed by atoms with Gasteiger partial charge in [-0.1, -0.05) is 84.9 Å². The van der Waals surface area contributed by atoms with Crippen molar-refractivity contribution in [1.82, 2.24) is 10.6 Å².